The summed E-state index contributed by atoms with van der Waals surface area (Å²) in [6.07, 6.45) is 2.99. The van der Waals surface area contributed by atoms with Crippen LogP contribution in [0.3, 0.4) is 0 Å². The van der Waals surface area contributed by atoms with Crippen LogP contribution in [0.4, 0.5) is 0 Å². The number of hydrogen-bond donors (Lipinski definition) is 0. The van der Waals surface area contributed by atoms with Crippen molar-refractivity contribution in [1.82, 2.24) is 5.06 Å². The standard InChI is InChI=1S/C19H23NO5/c1-23-19(22)13-6-4-5-12(9-13)18(21)20-17-14(11-25-20)10-24-16-8-3-2-7-15(16)17/h2-3,7-8,12-14,17H,4-6,9-11H2,1H3/t12-,13+,14+,17-/m1/s1. The minimum absolute atomic E-state index is 0.0159. The van der Waals surface area contributed by atoms with E-state index in [4.69, 9.17) is 14.3 Å². The molecule has 3 aliphatic rings. The molecule has 4 rings (SSSR count). The van der Waals surface area contributed by atoms with E-state index in [0.717, 1.165) is 30.6 Å². The lowest BCUT2D eigenvalue weighted by Gasteiger charge is -2.34. The summed E-state index contributed by atoms with van der Waals surface area (Å²) in [5.74, 6) is 0.369. The van der Waals surface area contributed by atoms with Crippen LogP contribution < -0.4 is 4.74 Å². The molecule has 4 atom stereocenters. The zero-order chi connectivity index (χ0) is 17.4. The number of methoxy groups -OCH3 is 1. The molecule has 0 bridgehead atoms. The van der Waals surface area contributed by atoms with Crippen LogP contribution >= 0.6 is 0 Å². The second-order valence-electron chi connectivity index (χ2n) is 7.10. The van der Waals surface area contributed by atoms with Gasteiger partial charge in [-0.25, -0.2) is 5.06 Å². The van der Waals surface area contributed by atoms with Crippen LogP contribution in [0.15, 0.2) is 24.3 Å². The van der Waals surface area contributed by atoms with Gasteiger partial charge >= 0.3 is 5.97 Å². The monoisotopic (exact) mass is 345 g/mol. The highest BCUT2D eigenvalue weighted by molar-refractivity contribution is 5.80. The lowest BCUT2D eigenvalue weighted by molar-refractivity contribution is -0.184. The number of ether oxygens (including phenoxy) is 2. The predicted octanol–water partition coefficient (Wildman–Crippen LogP) is 2.49. The molecule has 2 fully saturated rings. The normalized spacial score (nSPS) is 30.8. The molecular formula is C19H23NO5. The van der Waals surface area contributed by atoms with Gasteiger partial charge in [-0.05, 0) is 25.3 Å². The Balaban J connectivity index is 1.54. The topological polar surface area (TPSA) is 65.1 Å². The molecule has 6 nitrogen and oxygen atoms in total. The van der Waals surface area contributed by atoms with E-state index in [2.05, 4.69) is 0 Å². The molecule has 1 aromatic carbocycles. The van der Waals surface area contributed by atoms with Crippen LogP contribution in [0, 0.1) is 17.8 Å². The first-order valence-corrected chi connectivity index (χ1v) is 8.94. The molecule has 0 unspecified atom stereocenters. The summed E-state index contributed by atoms with van der Waals surface area (Å²) >= 11 is 0. The number of fused-ring (bicyclic) bond motifs is 3. The Morgan fingerprint density at radius 1 is 1.16 bits per heavy atom. The first-order chi connectivity index (χ1) is 12.2. The van der Waals surface area contributed by atoms with Crippen LogP contribution in [-0.2, 0) is 19.2 Å². The van der Waals surface area contributed by atoms with Gasteiger partial charge in [0.2, 0.25) is 5.91 Å². The van der Waals surface area contributed by atoms with Gasteiger partial charge in [0.05, 0.1) is 32.3 Å². The van der Waals surface area contributed by atoms with Crippen molar-refractivity contribution >= 4 is 11.9 Å². The number of rotatable bonds is 2. The molecule has 25 heavy (non-hydrogen) atoms. The molecule has 134 valence electrons. The smallest absolute Gasteiger partial charge is 0.308 e. The minimum atomic E-state index is -0.214. The lowest BCUT2D eigenvalue weighted by Crippen LogP contribution is -2.40. The highest BCUT2D eigenvalue weighted by Crippen LogP contribution is 2.44. The highest BCUT2D eigenvalue weighted by atomic mass is 16.7. The Bertz CT molecular complexity index is 676. The minimum Gasteiger partial charge on any atom is -0.493 e. The van der Waals surface area contributed by atoms with Gasteiger partial charge in [-0.1, -0.05) is 24.6 Å². The number of hydroxylamine groups is 2. The second kappa shape index (κ2) is 6.67. The molecular weight excluding hydrogens is 322 g/mol. The van der Waals surface area contributed by atoms with E-state index in [9.17, 15) is 9.59 Å². The Labute approximate surface area is 147 Å². The van der Waals surface area contributed by atoms with Gasteiger partial charge < -0.3 is 9.47 Å². The van der Waals surface area contributed by atoms with Crippen LogP contribution in [-0.4, -0.2) is 37.3 Å². The van der Waals surface area contributed by atoms with Gasteiger partial charge in [-0.3, -0.25) is 14.4 Å². The maximum atomic E-state index is 13.1. The summed E-state index contributed by atoms with van der Waals surface area (Å²) in [5.41, 5.74) is 1.00. The van der Waals surface area contributed by atoms with E-state index in [0.29, 0.717) is 19.6 Å². The molecule has 6 heteroatoms. The molecule has 1 saturated heterocycles. The number of benzene rings is 1. The first-order valence-electron chi connectivity index (χ1n) is 8.94. The Hall–Kier alpha value is -2.08. The van der Waals surface area contributed by atoms with Crippen molar-refractivity contribution in [2.45, 2.75) is 31.7 Å². The van der Waals surface area contributed by atoms with Crippen molar-refractivity contribution in [3.05, 3.63) is 29.8 Å². The number of nitrogens with zero attached hydrogens (tertiary/aromatic N) is 1. The maximum absolute atomic E-state index is 13.1. The fourth-order valence-corrected chi connectivity index (χ4v) is 4.29. The molecule has 0 spiro atoms. The van der Waals surface area contributed by atoms with Crippen molar-refractivity contribution in [3.63, 3.8) is 0 Å². The van der Waals surface area contributed by atoms with E-state index in [1.165, 1.54) is 7.11 Å². The average Bonchev–Trinajstić information content (AvgIpc) is 3.11. The lowest BCUT2D eigenvalue weighted by atomic mass is 9.80. The summed E-state index contributed by atoms with van der Waals surface area (Å²) in [6, 6.07) is 7.72. The third-order valence-corrected chi connectivity index (χ3v) is 5.59. The zero-order valence-corrected chi connectivity index (χ0v) is 14.3. The molecule has 1 aliphatic carbocycles. The van der Waals surface area contributed by atoms with Gasteiger partial charge in [-0.2, -0.15) is 0 Å². The predicted molar refractivity (Wildman–Crippen MR) is 88.4 cm³/mol. The molecule has 0 radical (unpaired) electrons. The number of hydrogen-bond acceptors (Lipinski definition) is 5. The van der Waals surface area contributed by atoms with E-state index in [1.54, 1.807) is 5.06 Å². The summed E-state index contributed by atoms with van der Waals surface area (Å²) < 4.78 is 10.7. The Morgan fingerprint density at radius 2 is 1.96 bits per heavy atom. The number of carbonyl (C=O) groups is 2. The molecule has 1 aromatic rings. The van der Waals surface area contributed by atoms with Crippen LogP contribution in [0.5, 0.6) is 5.75 Å². The van der Waals surface area contributed by atoms with Gasteiger partial charge in [0.15, 0.2) is 0 Å². The van der Waals surface area contributed by atoms with Crippen LogP contribution in [0.25, 0.3) is 0 Å². The fraction of sp³-hybridized carbons (Fsp3) is 0.579. The number of amides is 1. The molecule has 0 N–H and O–H groups in total. The highest BCUT2D eigenvalue weighted by Gasteiger charge is 2.46. The van der Waals surface area contributed by atoms with Gasteiger partial charge in [0, 0.05) is 17.4 Å². The molecule has 2 aliphatic heterocycles. The summed E-state index contributed by atoms with van der Waals surface area (Å²) in [4.78, 5) is 30.8. The van der Waals surface area contributed by atoms with E-state index in [1.807, 2.05) is 24.3 Å². The van der Waals surface area contributed by atoms with Gasteiger partial charge in [0.25, 0.3) is 0 Å². The van der Waals surface area contributed by atoms with Crippen LogP contribution in [0.2, 0.25) is 0 Å². The quantitative estimate of drug-likeness (QED) is 0.771. The number of para-hydroxylation sites is 1. The van der Waals surface area contributed by atoms with Crippen molar-refractivity contribution < 1.29 is 23.9 Å². The van der Waals surface area contributed by atoms with Crippen molar-refractivity contribution in [3.8, 4) is 5.75 Å². The molecule has 1 amide bonds. The summed E-state index contributed by atoms with van der Waals surface area (Å²) in [6.45, 7) is 1.04. The fourth-order valence-electron chi connectivity index (χ4n) is 4.29. The van der Waals surface area contributed by atoms with Crippen molar-refractivity contribution in [1.29, 1.82) is 0 Å². The molecule has 2 heterocycles. The summed E-state index contributed by atoms with van der Waals surface area (Å²) in [5, 5.41) is 1.55. The van der Waals surface area contributed by atoms with E-state index >= 15 is 0 Å². The SMILES string of the molecule is COC(=O)[C@H]1CCC[C@@H](C(=O)N2OC[C@@H]3COc4ccccc4[C@@H]32)C1. The van der Waals surface area contributed by atoms with E-state index in [-0.39, 0.29) is 35.7 Å². The van der Waals surface area contributed by atoms with Gasteiger partial charge in [0.1, 0.15) is 5.75 Å². The van der Waals surface area contributed by atoms with Gasteiger partial charge in [-0.15, -0.1) is 0 Å². The number of carbonyl (C=O) groups excluding carboxylic acids is 2. The third-order valence-electron chi connectivity index (χ3n) is 5.59. The largest absolute Gasteiger partial charge is 0.493 e. The molecule has 1 saturated carbocycles. The first kappa shape index (κ1) is 16.4. The van der Waals surface area contributed by atoms with Crippen molar-refractivity contribution in [2.75, 3.05) is 20.3 Å². The number of esters is 1. The maximum Gasteiger partial charge on any atom is 0.308 e. The average molecular weight is 345 g/mol. The zero-order valence-electron chi connectivity index (χ0n) is 14.3. The van der Waals surface area contributed by atoms with Crippen molar-refractivity contribution in [2.24, 2.45) is 17.8 Å². The van der Waals surface area contributed by atoms with Crippen LogP contribution in [0.1, 0.15) is 37.3 Å². The second-order valence-corrected chi connectivity index (χ2v) is 7.10. The Morgan fingerprint density at radius 3 is 2.80 bits per heavy atom. The summed E-state index contributed by atoms with van der Waals surface area (Å²) in [7, 11) is 1.40. The Kier molecular flexibility index (Phi) is 4.37. The third kappa shape index (κ3) is 2.88. The van der Waals surface area contributed by atoms with E-state index < -0.39 is 0 Å². The molecule has 0 aromatic heterocycles.